The smallest absolute Gasteiger partial charge is 0.240 e. The van der Waals surface area contributed by atoms with Crippen molar-refractivity contribution in [3.8, 4) is 0 Å². The maximum absolute atomic E-state index is 12.0. The fraction of sp³-hybridized carbons (Fsp3) is 0.462. The molecule has 1 aromatic carbocycles. The molecule has 106 valence electrons. The van der Waals surface area contributed by atoms with E-state index in [-0.39, 0.29) is 10.7 Å². The number of nitrogens with one attached hydrogen (secondary N) is 2. The summed E-state index contributed by atoms with van der Waals surface area (Å²) in [5, 5.41) is 3.12. The second-order valence-corrected chi connectivity index (χ2v) is 5.96. The lowest BCUT2D eigenvalue weighted by molar-refractivity contribution is 0.101. The summed E-state index contributed by atoms with van der Waals surface area (Å²) in [6, 6.07) is 6.06. The predicted octanol–water partition coefficient (Wildman–Crippen LogP) is 1.17. The highest BCUT2D eigenvalue weighted by atomic mass is 32.2. The zero-order valence-corrected chi connectivity index (χ0v) is 12.1. The summed E-state index contributed by atoms with van der Waals surface area (Å²) in [6.45, 7) is 5.42. The first-order valence-corrected chi connectivity index (χ1v) is 7.77. The lowest BCUT2D eigenvalue weighted by atomic mass is 10.2. The molecule has 5 nitrogen and oxygen atoms in total. The lowest BCUT2D eigenvalue weighted by Crippen LogP contribution is -2.27. The number of benzene rings is 1. The zero-order chi connectivity index (χ0) is 14.3. The molecule has 2 N–H and O–H groups in total. The Bertz CT molecular complexity index is 526. The van der Waals surface area contributed by atoms with Crippen LogP contribution in [0.5, 0.6) is 0 Å². The molecule has 0 fully saturated rings. The van der Waals surface area contributed by atoms with Crippen molar-refractivity contribution in [1.29, 1.82) is 0 Å². The van der Waals surface area contributed by atoms with Crippen molar-refractivity contribution in [2.75, 3.05) is 19.6 Å². The third-order valence-corrected chi connectivity index (χ3v) is 4.08. The van der Waals surface area contributed by atoms with Crippen molar-refractivity contribution in [1.82, 2.24) is 10.0 Å². The Balaban J connectivity index is 2.66. The maximum Gasteiger partial charge on any atom is 0.240 e. The van der Waals surface area contributed by atoms with Gasteiger partial charge < -0.3 is 5.32 Å². The van der Waals surface area contributed by atoms with E-state index < -0.39 is 10.0 Å². The number of carbonyl (C=O) groups excluding carboxylic acids is 1. The van der Waals surface area contributed by atoms with Gasteiger partial charge in [0.2, 0.25) is 10.0 Å². The minimum absolute atomic E-state index is 0.128. The zero-order valence-electron chi connectivity index (χ0n) is 11.3. The molecule has 0 radical (unpaired) electrons. The molecule has 0 aliphatic rings. The van der Waals surface area contributed by atoms with Crippen molar-refractivity contribution < 1.29 is 13.2 Å². The van der Waals surface area contributed by atoms with Crippen LogP contribution in [0.4, 0.5) is 0 Å². The van der Waals surface area contributed by atoms with Gasteiger partial charge in [-0.3, -0.25) is 4.79 Å². The van der Waals surface area contributed by atoms with E-state index in [4.69, 9.17) is 0 Å². The Labute approximate surface area is 114 Å². The largest absolute Gasteiger partial charge is 0.317 e. The molecule has 0 heterocycles. The Hall–Kier alpha value is -1.24. The SMILES string of the molecule is CCNCCCNS(=O)(=O)c1cccc(C(C)=O)c1. The summed E-state index contributed by atoms with van der Waals surface area (Å²) in [6.07, 6.45) is 0.722. The van der Waals surface area contributed by atoms with Gasteiger partial charge in [-0.15, -0.1) is 0 Å². The van der Waals surface area contributed by atoms with Crippen molar-refractivity contribution in [3.63, 3.8) is 0 Å². The average molecular weight is 284 g/mol. The second kappa shape index (κ2) is 7.37. The standard InChI is InChI=1S/C13H20N2O3S/c1-3-14-8-5-9-15-19(17,18)13-7-4-6-12(10-13)11(2)16/h4,6-7,10,14-15H,3,5,8-9H2,1-2H3. The van der Waals surface area contributed by atoms with Crippen LogP contribution in [-0.4, -0.2) is 33.8 Å². The van der Waals surface area contributed by atoms with Gasteiger partial charge in [0, 0.05) is 12.1 Å². The maximum atomic E-state index is 12.0. The highest BCUT2D eigenvalue weighted by Gasteiger charge is 2.14. The molecule has 0 saturated carbocycles. The molecule has 1 aromatic rings. The molecule has 0 spiro atoms. The van der Waals surface area contributed by atoms with Gasteiger partial charge in [0.15, 0.2) is 5.78 Å². The summed E-state index contributed by atoms with van der Waals surface area (Å²) < 4.78 is 26.5. The van der Waals surface area contributed by atoms with E-state index in [1.807, 2.05) is 6.92 Å². The summed E-state index contributed by atoms with van der Waals surface area (Å²) in [5.41, 5.74) is 0.399. The van der Waals surface area contributed by atoms with Crippen LogP contribution in [0.15, 0.2) is 29.2 Å². The Kier molecular flexibility index (Phi) is 6.14. The highest BCUT2D eigenvalue weighted by molar-refractivity contribution is 7.89. The quantitative estimate of drug-likeness (QED) is 0.555. The minimum Gasteiger partial charge on any atom is -0.317 e. The van der Waals surface area contributed by atoms with Gasteiger partial charge in [-0.2, -0.15) is 0 Å². The van der Waals surface area contributed by atoms with E-state index in [1.54, 1.807) is 12.1 Å². The number of ketones is 1. The van der Waals surface area contributed by atoms with Crippen LogP contribution in [0.25, 0.3) is 0 Å². The Morgan fingerprint density at radius 3 is 2.63 bits per heavy atom. The molecule has 0 bridgehead atoms. The molecular formula is C13H20N2O3S. The molecule has 0 unspecified atom stereocenters. The van der Waals surface area contributed by atoms with E-state index >= 15 is 0 Å². The molecule has 1 rings (SSSR count). The first-order chi connectivity index (χ1) is 8.97. The van der Waals surface area contributed by atoms with Crippen LogP contribution in [0.3, 0.4) is 0 Å². The lowest BCUT2D eigenvalue weighted by Gasteiger charge is -2.07. The van der Waals surface area contributed by atoms with Gasteiger partial charge in [0.25, 0.3) is 0 Å². The van der Waals surface area contributed by atoms with Crippen LogP contribution >= 0.6 is 0 Å². The summed E-state index contributed by atoms with van der Waals surface area (Å²) >= 11 is 0. The molecule has 0 aliphatic carbocycles. The van der Waals surface area contributed by atoms with Crippen molar-refractivity contribution >= 4 is 15.8 Å². The van der Waals surface area contributed by atoms with Crippen LogP contribution in [0.1, 0.15) is 30.6 Å². The van der Waals surface area contributed by atoms with Crippen LogP contribution < -0.4 is 10.0 Å². The molecule has 6 heteroatoms. The normalized spacial score (nSPS) is 11.5. The third-order valence-electron chi connectivity index (χ3n) is 2.62. The molecule has 0 aromatic heterocycles. The third kappa shape index (κ3) is 5.10. The van der Waals surface area contributed by atoms with Crippen molar-refractivity contribution in [2.45, 2.75) is 25.2 Å². The molecular weight excluding hydrogens is 264 g/mol. The topological polar surface area (TPSA) is 75.3 Å². The monoisotopic (exact) mass is 284 g/mol. The van der Waals surface area contributed by atoms with Crippen molar-refractivity contribution in [3.05, 3.63) is 29.8 Å². The van der Waals surface area contributed by atoms with Crippen LogP contribution in [0, 0.1) is 0 Å². The van der Waals surface area contributed by atoms with Gasteiger partial charge in [0.1, 0.15) is 0 Å². The number of carbonyl (C=O) groups is 1. The van der Waals surface area contributed by atoms with Crippen LogP contribution in [-0.2, 0) is 10.0 Å². The number of hydrogen-bond donors (Lipinski definition) is 2. The van der Waals surface area contributed by atoms with E-state index in [0.717, 1.165) is 19.5 Å². The Morgan fingerprint density at radius 2 is 2.00 bits per heavy atom. The predicted molar refractivity (Wildman–Crippen MR) is 74.8 cm³/mol. The number of Topliss-reactive ketones (excluding diaryl/α,β-unsaturated/α-hetero) is 1. The molecule has 0 amide bonds. The summed E-state index contributed by atoms with van der Waals surface area (Å²) in [7, 11) is -3.53. The van der Waals surface area contributed by atoms with E-state index in [0.29, 0.717) is 12.1 Å². The molecule has 0 saturated heterocycles. The second-order valence-electron chi connectivity index (χ2n) is 4.19. The van der Waals surface area contributed by atoms with Gasteiger partial charge >= 0.3 is 0 Å². The fourth-order valence-electron chi connectivity index (χ4n) is 1.56. The fourth-order valence-corrected chi connectivity index (χ4v) is 2.68. The Morgan fingerprint density at radius 1 is 1.26 bits per heavy atom. The van der Waals surface area contributed by atoms with Gasteiger partial charge in [-0.05, 0) is 38.6 Å². The molecule has 19 heavy (non-hydrogen) atoms. The average Bonchev–Trinajstić information content (AvgIpc) is 2.38. The minimum atomic E-state index is -3.53. The van der Waals surface area contributed by atoms with E-state index in [9.17, 15) is 13.2 Å². The summed E-state index contributed by atoms with van der Waals surface area (Å²) in [5.74, 6) is -0.149. The number of rotatable bonds is 8. The van der Waals surface area contributed by atoms with Crippen molar-refractivity contribution in [2.24, 2.45) is 0 Å². The number of sulfonamides is 1. The first-order valence-electron chi connectivity index (χ1n) is 6.28. The van der Waals surface area contributed by atoms with Crippen LogP contribution in [0.2, 0.25) is 0 Å². The highest BCUT2D eigenvalue weighted by Crippen LogP contribution is 2.11. The van der Waals surface area contributed by atoms with Gasteiger partial charge in [-0.1, -0.05) is 19.1 Å². The van der Waals surface area contributed by atoms with Gasteiger partial charge in [0.05, 0.1) is 4.90 Å². The molecule has 0 aliphatic heterocycles. The molecule has 0 atom stereocenters. The van der Waals surface area contributed by atoms with Gasteiger partial charge in [-0.25, -0.2) is 13.1 Å². The number of hydrogen-bond acceptors (Lipinski definition) is 4. The summed E-state index contributed by atoms with van der Waals surface area (Å²) in [4.78, 5) is 11.4. The first kappa shape index (κ1) is 15.8. The van der Waals surface area contributed by atoms with E-state index in [1.165, 1.54) is 19.1 Å². The van der Waals surface area contributed by atoms with E-state index in [2.05, 4.69) is 10.0 Å².